The third-order valence-corrected chi connectivity index (χ3v) is 5.23. The second-order valence-electron chi connectivity index (χ2n) is 5.07. The largest absolute Gasteiger partial charge is 0.469 e. The summed E-state index contributed by atoms with van der Waals surface area (Å²) in [5.41, 5.74) is 7.21. The van der Waals surface area contributed by atoms with Crippen molar-refractivity contribution >= 4 is 17.7 Å². The summed E-state index contributed by atoms with van der Waals surface area (Å²) in [5, 5.41) is 0.276. The average molecular weight is 280 g/mol. The molecule has 104 valence electrons. The molecule has 0 radical (unpaired) electrons. The zero-order valence-electron chi connectivity index (χ0n) is 11.2. The third kappa shape index (κ3) is 3.94. The summed E-state index contributed by atoms with van der Waals surface area (Å²) in [4.78, 5) is 15.4. The van der Waals surface area contributed by atoms with Crippen molar-refractivity contribution in [2.45, 2.75) is 24.5 Å². The van der Waals surface area contributed by atoms with Crippen LogP contribution in [-0.4, -0.2) is 30.4 Å². The number of rotatable bonds is 7. The minimum absolute atomic E-state index is 0.105. The van der Waals surface area contributed by atoms with E-state index in [2.05, 4.69) is 4.98 Å². The van der Waals surface area contributed by atoms with Gasteiger partial charge >= 0.3 is 5.97 Å². The Morgan fingerprint density at radius 3 is 2.74 bits per heavy atom. The van der Waals surface area contributed by atoms with Crippen LogP contribution in [0.5, 0.6) is 0 Å². The van der Waals surface area contributed by atoms with E-state index in [-0.39, 0.29) is 16.6 Å². The van der Waals surface area contributed by atoms with Gasteiger partial charge in [-0.25, -0.2) is 0 Å². The number of thioether (sulfide) groups is 1. The van der Waals surface area contributed by atoms with E-state index in [1.165, 1.54) is 12.7 Å². The van der Waals surface area contributed by atoms with Crippen molar-refractivity contribution in [1.82, 2.24) is 4.98 Å². The number of nitrogens with zero attached hydrogens (tertiary/aromatic N) is 1. The van der Waals surface area contributed by atoms with Gasteiger partial charge in [0.2, 0.25) is 0 Å². The second kappa shape index (κ2) is 6.39. The number of hydrogen-bond donors (Lipinski definition) is 1. The van der Waals surface area contributed by atoms with Crippen LogP contribution in [0.15, 0.2) is 24.5 Å². The van der Waals surface area contributed by atoms with Crippen LogP contribution in [0.4, 0.5) is 0 Å². The number of carbonyl (C=O) groups is 1. The van der Waals surface area contributed by atoms with Crippen LogP contribution in [0.1, 0.15) is 30.1 Å². The SMILES string of the molecule is COC(=O)CC1(CSC(CN)c2ccncc2)CC1. The van der Waals surface area contributed by atoms with Gasteiger partial charge < -0.3 is 10.5 Å². The summed E-state index contributed by atoms with van der Waals surface area (Å²) in [6.45, 7) is 0.600. The number of carbonyl (C=O) groups excluding carboxylic acids is 1. The van der Waals surface area contributed by atoms with Crippen molar-refractivity contribution < 1.29 is 9.53 Å². The molecule has 5 heteroatoms. The summed E-state index contributed by atoms with van der Waals surface area (Å²) in [7, 11) is 1.45. The zero-order valence-corrected chi connectivity index (χ0v) is 12.0. The smallest absolute Gasteiger partial charge is 0.306 e. The Hall–Kier alpha value is -1.07. The molecule has 1 aromatic rings. The maximum absolute atomic E-state index is 11.4. The lowest BCUT2D eigenvalue weighted by atomic mass is 10.1. The van der Waals surface area contributed by atoms with E-state index in [4.69, 9.17) is 10.5 Å². The number of aromatic nitrogens is 1. The molecule has 0 spiro atoms. The van der Waals surface area contributed by atoms with Crippen LogP contribution in [0, 0.1) is 5.41 Å². The highest BCUT2D eigenvalue weighted by Crippen LogP contribution is 2.52. The first-order chi connectivity index (χ1) is 9.19. The van der Waals surface area contributed by atoms with Gasteiger partial charge in [0, 0.05) is 29.9 Å². The third-order valence-electron chi connectivity index (χ3n) is 3.59. The Morgan fingerprint density at radius 1 is 1.53 bits per heavy atom. The van der Waals surface area contributed by atoms with E-state index in [9.17, 15) is 4.79 Å². The Balaban J connectivity index is 1.88. The Bertz CT molecular complexity index is 421. The van der Waals surface area contributed by atoms with Crippen molar-refractivity contribution in [3.05, 3.63) is 30.1 Å². The lowest BCUT2D eigenvalue weighted by Crippen LogP contribution is -2.16. The predicted octanol–water partition coefficient (Wildman–Crippen LogP) is 2.16. The van der Waals surface area contributed by atoms with Gasteiger partial charge in [0.05, 0.1) is 13.5 Å². The molecule has 1 aliphatic rings. The Morgan fingerprint density at radius 2 is 2.21 bits per heavy atom. The number of hydrogen-bond acceptors (Lipinski definition) is 5. The quantitative estimate of drug-likeness (QED) is 0.775. The number of esters is 1. The minimum atomic E-state index is -0.105. The molecule has 19 heavy (non-hydrogen) atoms. The van der Waals surface area contributed by atoms with E-state index in [1.54, 1.807) is 12.4 Å². The van der Waals surface area contributed by atoms with Crippen LogP contribution in [0.3, 0.4) is 0 Å². The van der Waals surface area contributed by atoms with Gasteiger partial charge in [-0.05, 0) is 36.0 Å². The molecule has 1 unspecified atom stereocenters. The van der Waals surface area contributed by atoms with Crippen LogP contribution in [0.2, 0.25) is 0 Å². The topological polar surface area (TPSA) is 65.2 Å². The first-order valence-electron chi connectivity index (χ1n) is 6.47. The molecule has 0 aliphatic heterocycles. The second-order valence-corrected chi connectivity index (χ2v) is 6.26. The normalized spacial score (nSPS) is 17.8. The number of pyridine rings is 1. The predicted molar refractivity (Wildman–Crippen MR) is 76.8 cm³/mol. The Labute approximate surface area is 118 Å². The summed E-state index contributed by atoms with van der Waals surface area (Å²) in [6.07, 6.45) is 6.34. The molecule has 0 aromatic carbocycles. The summed E-state index contributed by atoms with van der Waals surface area (Å²) < 4.78 is 4.76. The number of nitrogens with two attached hydrogens (primary N) is 1. The summed E-state index contributed by atoms with van der Waals surface area (Å²) >= 11 is 1.84. The van der Waals surface area contributed by atoms with Crippen molar-refractivity contribution in [1.29, 1.82) is 0 Å². The van der Waals surface area contributed by atoms with Gasteiger partial charge in [0.15, 0.2) is 0 Å². The van der Waals surface area contributed by atoms with E-state index >= 15 is 0 Å². The molecule has 1 aliphatic carbocycles. The van der Waals surface area contributed by atoms with Gasteiger partial charge in [-0.2, -0.15) is 11.8 Å². The molecule has 0 amide bonds. The lowest BCUT2D eigenvalue weighted by molar-refractivity contribution is -0.141. The fourth-order valence-electron chi connectivity index (χ4n) is 2.08. The molecule has 2 rings (SSSR count). The van der Waals surface area contributed by atoms with Crippen molar-refractivity contribution in [2.75, 3.05) is 19.4 Å². The fraction of sp³-hybridized carbons (Fsp3) is 0.571. The van der Waals surface area contributed by atoms with E-state index in [0.29, 0.717) is 13.0 Å². The molecule has 1 heterocycles. The first kappa shape index (κ1) is 14.3. The highest BCUT2D eigenvalue weighted by Gasteiger charge is 2.44. The monoisotopic (exact) mass is 280 g/mol. The molecule has 0 saturated heterocycles. The molecular formula is C14H20N2O2S. The van der Waals surface area contributed by atoms with Gasteiger partial charge in [-0.3, -0.25) is 9.78 Å². The molecule has 0 bridgehead atoms. The van der Waals surface area contributed by atoms with Gasteiger partial charge in [-0.1, -0.05) is 0 Å². The van der Waals surface area contributed by atoms with Crippen molar-refractivity contribution in [2.24, 2.45) is 11.1 Å². The number of ether oxygens (including phenoxy) is 1. The molecule has 2 N–H and O–H groups in total. The van der Waals surface area contributed by atoms with Gasteiger partial charge in [0.1, 0.15) is 0 Å². The summed E-state index contributed by atoms with van der Waals surface area (Å²) in [6, 6.07) is 4.01. The van der Waals surface area contributed by atoms with Crippen molar-refractivity contribution in [3.8, 4) is 0 Å². The maximum atomic E-state index is 11.4. The standard InChI is InChI=1S/C14H20N2O2S/c1-18-13(17)8-14(4-5-14)10-19-12(9-15)11-2-6-16-7-3-11/h2-3,6-7,12H,4-5,8-10,15H2,1H3. The summed E-state index contributed by atoms with van der Waals surface area (Å²) in [5.74, 6) is 0.859. The van der Waals surface area contributed by atoms with Crippen LogP contribution in [0.25, 0.3) is 0 Å². The zero-order chi connectivity index (χ0) is 13.7. The highest BCUT2D eigenvalue weighted by atomic mass is 32.2. The fourth-order valence-corrected chi connectivity index (χ4v) is 3.51. The lowest BCUT2D eigenvalue weighted by Gasteiger charge is -2.19. The molecule has 1 saturated carbocycles. The minimum Gasteiger partial charge on any atom is -0.469 e. The van der Waals surface area contributed by atoms with E-state index < -0.39 is 0 Å². The highest BCUT2D eigenvalue weighted by molar-refractivity contribution is 7.99. The molecule has 1 fully saturated rings. The van der Waals surface area contributed by atoms with Crippen LogP contribution >= 0.6 is 11.8 Å². The molecular weight excluding hydrogens is 260 g/mol. The van der Waals surface area contributed by atoms with E-state index in [0.717, 1.165) is 18.6 Å². The van der Waals surface area contributed by atoms with Crippen LogP contribution < -0.4 is 5.73 Å². The molecule has 4 nitrogen and oxygen atoms in total. The molecule has 1 aromatic heterocycles. The Kier molecular flexibility index (Phi) is 4.82. The van der Waals surface area contributed by atoms with Gasteiger partial charge in [0.25, 0.3) is 0 Å². The average Bonchev–Trinajstić information content (AvgIpc) is 3.20. The van der Waals surface area contributed by atoms with E-state index in [1.807, 2.05) is 23.9 Å². The van der Waals surface area contributed by atoms with Gasteiger partial charge in [-0.15, -0.1) is 0 Å². The number of methoxy groups -OCH3 is 1. The first-order valence-corrected chi connectivity index (χ1v) is 7.52. The maximum Gasteiger partial charge on any atom is 0.306 e. The van der Waals surface area contributed by atoms with Crippen LogP contribution in [-0.2, 0) is 9.53 Å². The molecule has 1 atom stereocenters. The van der Waals surface area contributed by atoms with Crippen molar-refractivity contribution in [3.63, 3.8) is 0 Å².